The molecule has 1 heterocycles. The lowest BCUT2D eigenvalue weighted by molar-refractivity contribution is 0.432. The van der Waals surface area contributed by atoms with E-state index in [-0.39, 0.29) is 5.75 Å². The number of aromatic nitrogens is 1. The van der Waals surface area contributed by atoms with Gasteiger partial charge in [-0.2, -0.15) is 0 Å². The minimum atomic E-state index is -0.627. The highest BCUT2D eigenvalue weighted by molar-refractivity contribution is 5.79. The van der Waals surface area contributed by atoms with E-state index in [9.17, 15) is 4.39 Å². The lowest BCUT2D eigenvalue weighted by Gasteiger charge is -2.08. The van der Waals surface area contributed by atoms with Gasteiger partial charge in [-0.15, -0.1) is 0 Å². The summed E-state index contributed by atoms with van der Waals surface area (Å²) in [5, 5.41) is 13.4. The van der Waals surface area contributed by atoms with Crippen molar-refractivity contribution in [2.45, 2.75) is 13.5 Å². The Balaban J connectivity index is 1.78. The Bertz CT molecular complexity index is 802. The predicted molar refractivity (Wildman–Crippen MR) is 81.9 cm³/mol. The van der Waals surface area contributed by atoms with Crippen LogP contribution in [0.1, 0.15) is 11.3 Å². The third-order valence-corrected chi connectivity index (χ3v) is 3.34. The summed E-state index contributed by atoms with van der Waals surface area (Å²) < 4.78 is 13.3. The number of nitrogens with one attached hydrogen (secondary N) is 1. The molecule has 0 unspecified atom stereocenters. The monoisotopic (exact) mass is 282 g/mol. The lowest BCUT2D eigenvalue weighted by Crippen LogP contribution is -1.99. The Morgan fingerprint density at radius 2 is 1.95 bits per heavy atom. The van der Waals surface area contributed by atoms with Crippen molar-refractivity contribution in [2.75, 3.05) is 5.32 Å². The van der Waals surface area contributed by atoms with E-state index < -0.39 is 5.82 Å². The molecule has 2 aromatic carbocycles. The first-order valence-electron chi connectivity index (χ1n) is 6.70. The second-order valence-electron chi connectivity index (χ2n) is 5.00. The number of anilines is 1. The van der Waals surface area contributed by atoms with E-state index in [1.165, 1.54) is 12.1 Å². The standard InChI is InChI=1S/C17H15FN2O/c1-11-2-4-13-8-12(3-6-16(13)20-11)10-19-14-5-7-17(21)15(18)9-14/h2-9,19,21H,10H2,1H3. The van der Waals surface area contributed by atoms with Crippen molar-refractivity contribution in [2.24, 2.45) is 0 Å². The molecule has 3 nitrogen and oxygen atoms in total. The highest BCUT2D eigenvalue weighted by Crippen LogP contribution is 2.20. The fourth-order valence-corrected chi connectivity index (χ4v) is 2.21. The molecule has 21 heavy (non-hydrogen) atoms. The predicted octanol–water partition coefficient (Wildman–Crippen LogP) is 4.00. The maximum absolute atomic E-state index is 13.3. The first-order chi connectivity index (χ1) is 10.1. The molecular weight excluding hydrogens is 267 g/mol. The topological polar surface area (TPSA) is 45.1 Å². The Morgan fingerprint density at radius 1 is 1.10 bits per heavy atom. The van der Waals surface area contributed by atoms with E-state index in [0.29, 0.717) is 12.2 Å². The normalized spacial score (nSPS) is 10.8. The maximum atomic E-state index is 13.3. The maximum Gasteiger partial charge on any atom is 0.166 e. The summed E-state index contributed by atoms with van der Waals surface area (Å²) >= 11 is 0. The van der Waals surface area contributed by atoms with Crippen LogP contribution in [0.4, 0.5) is 10.1 Å². The second-order valence-corrected chi connectivity index (χ2v) is 5.00. The highest BCUT2D eigenvalue weighted by Gasteiger charge is 2.02. The number of nitrogens with zero attached hydrogens (tertiary/aromatic N) is 1. The summed E-state index contributed by atoms with van der Waals surface area (Å²) in [6.07, 6.45) is 0. The zero-order valence-electron chi connectivity index (χ0n) is 11.6. The molecule has 0 radical (unpaired) electrons. The zero-order chi connectivity index (χ0) is 14.8. The molecule has 0 saturated heterocycles. The molecule has 3 aromatic rings. The summed E-state index contributed by atoms with van der Waals surface area (Å²) in [7, 11) is 0. The van der Waals surface area contributed by atoms with Gasteiger partial charge in [0, 0.05) is 29.4 Å². The minimum Gasteiger partial charge on any atom is -0.505 e. The van der Waals surface area contributed by atoms with Crippen LogP contribution in [-0.2, 0) is 6.54 Å². The van der Waals surface area contributed by atoms with Gasteiger partial charge in [0.05, 0.1) is 5.52 Å². The summed E-state index contributed by atoms with van der Waals surface area (Å²) in [6.45, 7) is 2.54. The molecule has 0 saturated carbocycles. The van der Waals surface area contributed by atoms with Gasteiger partial charge in [-0.25, -0.2) is 4.39 Å². The fourth-order valence-electron chi connectivity index (χ4n) is 2.21. The molecule has 0 aliphatic carbocycles. The van der Waals surface area contributed by atoms with Gasteiger partial charge in [0.25, 0.3) is 0 Å². The van der Waals surface area contributed by atoms with Crippen molar-refractivity contribution in [3.63, 3.8) is 0 Å². The molecule has 0 spiro atoms. The molecule has 0 fully saturated rings. The van der Waals surface area contributed by atoms with E-state index in [4.69, 9.17) is 5.11 Å². The second kappa shape index (κ2) is 5.40. The number of halogens is 1. The van der Waals surface area contributed by atoms with Crippen LogP contribution in [0.5, 0.6) is 5.75 Å². The van der Waals surface area contributed by atoms with Crippen molar-refractivity contribution in [1.29, 1.82) is 0 Å². The van der Waals surface area contributed by atoms with Crippen LogP contribution in [0.2, 0.25) is 0 Å². The van der Waals surface area contributed by atoms with Gasteiger partial charge in [-0.3, -0.25) is 4.98 Å². The van der Waals surface area contributed by atoms with E-state index in [0.717, 1.165) is 22.2 Å². The zero-order valence-corrected chi connectivity index (χ0v) is 11.6. The van der Waals surface area contributed by atoms with Crippen LogP contribution in [-0.4, -0.2) is 10.1 Å². The number of pyridine rings is 1. The lowest BCUT2D eigenvalue weighted by atomic mass is 10.1. The number of benzene rings is 2. The molecule has 0 aliphatic heterocycles. The van der Waals surface area contributed by atoms with Crippen LogP contribution in [0.3, 0.4) is 0 Å². The van der Waals surface area contributed by atoms with Gasteiger partial charge < -0.3 is 10.4 Å². The Morgan fingerprint density at radius 3 is 2.76 bits per heavy atom. The van der Waals surface area contributed by atoms with Crippen LogP contribution >= 0.6 is 0 Å². The van der Waals surface area contributed by atoms with E-state index in [1.807, 2.05) is 31.2 Å². The molecule has 0 atom stereocenters. The van der Waals surface area contributed by atoms with Gasteiger partial charge in [0.1, 0.15) is 0 Å². The minimum absolute atomic E-state index is 0.340. The molecule has 106 valence electrons. The third kappa shape index (κ3) is 2.94. The number of fused-ring (bicyclic) bond motifs is 1. The Kier molecular flexibility index (Phi) is 3.44. The largest absolute Gasteiger partial charge is 0.505 e. The quantitative estimate of drug-likeness (QED) is 0.714. The van der Waals surface area contributed by atoms with Crippen molar-refractivity contribution < 1.29 is 9.50 Å². The molecule has 0 amide bonds. The van der Waals surface area contributed by atoms with Crippen molar-refractivity contribution >= 4 is 16.6 Å². The van der Waals surface area contributed by atoms with Crippen molar-refractivity contribution in [1.82, 2.24) is 4.98 Å². The average molecular weight is 282 g/mol. The molecule has 1 aromatic heterocycles. The summed E-state index contributed by atoms with van der Waals surface area (Å²) in [5.74, 6) is -0.967. The van der Waals surface area contributed by atoms with Crippen LogP contribution in [0, 0.1) is 12.7 Å². The van der Waals surface area contributed by atoms with Crippen LogP contribution in [0.15, 0.2) is 48.5 Å². The number of phenols is 1. The first kappa shape index (κ1) is 13.4. The molecule has 0 aliphatic rings. The summed E-state index contributed by atoms with van der Waals surface area (Å²) in [6, 6.07) is 14.3. The van der Waals surface area contributed by atoms with E-state index in [2.05, 4.69) is 16.4 Å². The number of aromatic hydroxyl groups is 1. The number of phenolic OH excluding ortho intramolecular Hbond substituents is 1. The van der Waals surface area contributed by atoms with Crippen LogP contribution < -0.4 is 5.32 Å². The third-order valence-electron chi connectivity index (χ3n) is 3.34. The van der Waals surface area contributed by atoms with Crippen molar-refractivity contribution in [3.05, 3.63) is 65.6 Å². The molecule has 0 bridgehead atoms. The Hall–Kier alpha value is -2.62. The van der Waals surface area contributed by atoms with Gasteiger partial charge in [0.2, 0.25) is 0 Å². The Labute approximate surface area is 122 Å². The number of aryl methyl sites for hydroxylation is 1. The molecule has 2 N–H and O–H groups in total. The van der Waals surface area contributed by atoms with E-state index >= 15 is 0 Å². The summed E-state index contributed by atoms with van der Waals surface area (Å²) in [5.41, 5.74) is 3.68. The number of hydrogen-bond donors (Lipinski definition) is 2. The van der Waals surface area contributed by atoms with Crippen LogP contribution in [0.25, 0.3) is 10.9 Å². The number of hydrogen-bond acceptors (Lipinski definition) is 3. The summed E-state index contributed by atoms with van der Waals surface area (Å²) in [4.78, 5) is 4.46. The fraction of sp³-hybridized carbons (Fsp3) is 0.118. The molecule has 3 rings (SSSR count). The molecule has 4 heteroatoms. The SMILES string of the molecule is Cc1ccc2cc(CNc3ccc(O)c(F)c3)ccc2n1. The van der Waals surface area contributed by atoms with Gasteiger partial charge in [-0.05, 0) is 42.8 Å². The molecular formula is C17H15FN2O. The van der Waals surface area contributed by atoms with Gasteiger partial charge in [0.15, 0.2) is 11.6 Å². The average Bonchev–Trinajstić information content (AvgIpc) is 2.48. The van der Waals surface area contributed by atoms with Crippen molar-refractivity contribution in [3.8, 4) is 5.75 Å². The van der Waals surface area contributed by atoms with Gasteiger partial charge in [-0.1, -0.05) is 12.1 Å². The number of rotatable bonds is 3. The first-order valence-corrected chi connectivity index (χ1v) is 6.70. The highest BCUT2D eigenvalue weighted by atomic mass is 19.1. The van der Waals surface area contributed by atoms with Gasteiger partial charge >= 0.3 is 0 Å². The van der Waals surface area contributed by atoms with E-state index in [1.54, 1.807) is 6.07 Å². The smallest absolute Gasteiger partial charge is 0.166 e.